The molecule has 0 bridgehead atoms. The molecule has 1 fully saturated rings. The van der Waals surface area contributed by atoms with Crippen molar-refractivity contribution in [1.82, 2.24) is 4.90 Å². The molecule has 122 valence electrons. The first-order valence-corrected chi connectivity index (χ1v) is 8.79. The highest BCUT2D eigenvalue weighted by Crippen LogP contribution is 2.33. The summed E-state index contributed by atoms with van der Waals surface area (Å²) in [5.74, 6) is -0.361. The molecule has 2 heterocycles. The second-order valence-corrected chi connectivity index (χ2v) is 7.47. The Labute approximate surface area is 155 Å². The van der Waals surface area contributed by atoms with Crippen LogP contribution in [0.2, 0.25) is 0 Å². The Morgan fingerprint density at radius 1 is 1.38 bits per heavy atom. The van der Waals surface area contributed by atoms with E-state index in [1.165, 1.54) is 0 Å². The predicted molar refractivity (Wildman–Crippen MR) is 99.4 cm³/mol. The number of carbonyl (C=O) groups is 2. The molecule has 1 N–H and O–H groups in total. The SMILES string of the molecule is O=C(O)CN1C(=O)/C(=C/c2ccc(-c3cccc(Br)c3)o2)SC1=S. The number of nitrogens with zero attached hydrogens (tertiary/aromatic N) is 1. The molecule has 1 aromatic heterocycles. The third kappa shape index (κ3) is 3.61. The molecule has 0 unspecified atom stereocenters. The lowest BCUT2D eigenvalue weighted by molar-refractivity contribution is -0.140. The molecular formula is C16H10BrNO4S2. The zero-order valence-corrected chi connectivity index (χ0v) is 15.3. The molecule has 1 saturated heterocycles. The van der Waals surface area contributed by atoms with Crippen LogP contribution in [-0.4, -0.2) is 32.7 Å². The maximum Gasteiger partial charge on any atom is 0.323 e. The molecule has 2 aromatic rings. The molecule has 0 spiro atoms. The standard InChI is InChI=1S/C16H10BrNO4S2/c17-10-3-1-2-9(6-10)12-5-4-11(22-12)7-13-15(21)18(8-14(19)20)16(23)24-13/h1-7H,8H2,(H,19,20)/b13-7-. The van der Waals surface area contributed by atoms with E-state index in [9.17, 15) is 9.59 Å². The van der Waals surface area contributed by atoms with Gasteiger partial charge in [-0.15, -0.1) is 0 Å². The maximum atomic E-state index is 12.2. The van der Waals surface area contributed by atoms with Crippen molar-refractivity contribution in [2.24, 2.45) is 0 Å². The number of amides is 1. The number of aliphatic carboxylic acids is 1. The van der Waals surface area contributed by atoms with Crippen molar-refractivity contribution in [2.75, 3.05) is 6.54 Å². The monoisotopic (exact) mass is 423 g/mol. The molecule has 5 nitrogen and oxygen atoms in total. The summed E-state index contributed by atoms with van der Waals surface area (Å²) in [4.78, 5) is 24.4. The van der Waals surface area contributed by atoms with Gasteiger partial charge in [0.05, 0.1) is 4.91 Å². The third-order valence-electron chi connectivity index (χ3n) is 3.18. The molecule has 0 radical (unpaired) electrons. The highest BCUT2D eigenvalue weighted by molar-refractivity contribution is 9.10. The largest absolute Gasteiger partial charge is 0.480 e. The zero-order chi connectivity index (χ0) is 17.3. The number of thiocarbonyl (C=S) groups is 1. The van der Waals surface area contributed by atoms with Gasteiger partial charge in [0.2, 0.25) is 0 Å². The number of thioether (sulfide) groups is 1. The molecule has 1 aliphatic heterocycles. The van der Waals surface area contributed by atoms with Gasteiger partial charge in [-0.25, -0.2) is 0 Å². The Hall–Kier alpha value is -1.90. The number of carboxylic acid groups (broad SMARTS) is 1. The first-order valence-electron chi connectivity index (χ1n) is 6.77. The fraction of sp³-hybridized carbons (Fsp3) is 0.0625. The van der Waals surface area contributed by atoms with E-state index in [1.807, 2.05) is 30.3 Å². The van der Waals surface area contributed by atoms with E-state index in [1.54, 1.807) is 12.1 Å². The van der Waals surface area contributed by atoms with Crippen LogP contribution in [0.3, 0.4) is 0 Å². The van der Waals surface area contributed by atoms with Crippen molar-refractivity contribution >= 4 is 62.2 Å². The minimum absolute atomic E-state index is 0.229. The van der Waals surface area contributed by atoms with Gasteiger partial charge in [0.25, 0.3) is 5.91 Å². The molecular weight excluding hydrogens is 414 g/mol. The van der Waals surface area contributed by atoms with E-state index in [-0.39, 0.29) is 4.32 Å². The highest BCUT2D eigenvalue weighted by atomic mass is 79.9. The van der Waals surface area contributed by atoms with Crippen LogP contribution in [0.4, 0.5) is 0 Å². The van der Waals surface area contributed by atoms with E-state index in [0.717, 1.165) is 26.7 Å². The van der Waals surface area contributed by atoms with Crippen LogP contribution in [0.25, 0.3) is 17.4 Å². The van der Waals surface area contributed by atoms with E-state index in [0.29, 0.717) is 16.4 Å². The molecule has 0 atom stereocenters. The Balaban J connectivity index is 1.84. The van der Waals surface area contributed by atoms with E-state index >= 15 is 0 Å². The molecule has 3 rings (SSSR count). The van der Waals surface area contributed by atoms with Crippen molar-refractivity contribution in [2.45, 2.75) is 0 Å². The van der Waals surface area contributed by atoms with Crippen LogP contribution in [0.15, 0.2) is 50.2 Å². The molecule has 24 heavy (non-hydrogen) atoms. The van der Waals surface area contributed by atoms with Crippen LogP contribution in [0, 0.1) is 0 Å². The highest BCUT2D eigenvalue weighted by Gasteiger charge is 2.33. The van der Waals surface area contributed by atoms with E-state index < -0.39 is 18.4 Å². The average Bonchev–Trinajstić information content (AvgIpc) is 3.08. The lowest BCUT2D eigenvalue weighted by atomic mass is 10.2. The molecule has 1 aliphatic rings. The summed E-state index contributed by atoms with van der Waals surface area (Å²) >= 11 is 9.53. The maximum absolute atomic E-state index is 12.2. The Morgan fingerprint density at radius 3 is 2.88 bits per heavy atom. The zero-order valence-electron chi connectivity index (χ0n) is 12.1. The number of hydrogen-bond acceptors (Lipinski definition) is 5. The second kappa shape index (κ2) is 6.92. The second-order valence-electron chi connectivity index (χ2n) is 4.87. The first kappa shape index (κ1) is 16.9. The molecule has 8 heteroatoms. The molecule has 1 amide bonds. The lowest BCUT2D eigenvalue weighted by Gasteiger charge is -2.09. The first-order chi connectivity index (χ1) is 11.4. The van der Waals surface area contributed by atoms with Crippen molar-refractivity contribution in [3.05, 3.63) is 51.5 Å². The van der Waals surface area contributed by atoms with E-state index in [4.69, 9.17) is 21.7 Å². The number of hydrogen-bond donors (Lipinski definition) is 1. The van der Waals surface area contributed by atoms with Crippen LogP contribution in [0.5, 0.6) is 0 Å². The van der Waals surface area contributed by atoms with Gasteiger partial charge in [-0.1, -0.05) is 52.0 Å². The van der Waals surface area contributed by atoms with Crippen LogP contribution < -0.4 is 0 Å². The summed E-state index contributed by atoms with van der Waals surface area (Å²) in [5.41, 5.74) is 0.905. The van der Waals surface area contributed by atoms with Crippen LogP contribution >= 0.6 is 39.9 Å². The number of carbonyl (C=O) groups excluding carboxylic acids is 1. The summed E-state index contributed by atoms with van der Waals surface area (Å²) in [6.07, 6.45) is 1.57. The molecule has 0 saturated carbocycles. The smallest absolute Gasteiger partial charge is 0.323 e. The minimum atomic E-state index is -1.11. The topological polar surface area (TPSA) is 70.8 Å². The fourth-order valence-corrected chi connectivity index (χ4v) is 3.76. The van der Waals surface area contributed by atoms with Gasteiger partial charge >= 0.3 is 5.97 Å². The van der Waals surface area contributed by atoms with Crippen molar-refractivity contribution < 1.29 is 19.1 Å². The third-order valence-corrected chi connectivity index (χ3v) is 5.05. The summed E-state index contributed by atoms with van der Waals surface area (Å²) in [6.45, 7) is -0.441. The number of furan rings is 1. The number of carboxylic acids is 1. The van der Waals surface area contributed by atoms with Gasteiger partial charge in [-0.2, -0.15) is 0 Å². The normalized spacial score (nSPS) is 16.2. The van der Waals surface area contributed by atoms with Gasteiger partial charge in [0.1, 0.15) is 22.4 Å². The number of rotatable bonds is 4. The summed E-state index contributed by atoms with van der Waals surface area (Å²) in [7, 11) is 0. The Bertz CT molecular complexity index is 874. The van der Waals surface area contributed by atoms with Crippen molar-refractivity contribution in [3.8, 4) is 11.3 Å². The molecule has 1 aromatic carbocycles. The number of halogens is 1. The van der Waals surface area contributed by atoms with Gasteiger partial charge in [-0.05, 0) is 24.3 Å². The quantitative estimate of drug-likeness (QED) is 0.591. The van der Waals surface area contributed by atoms with Gasteiger partial charge in [0, 0.05) is 16.1 Å². The summed E-state index contributed by atoms with van der Waals surface area (Å²) in [5, 5.41) is 8.83. The van der Waals surface area contributed by atoms with Crippen molar-refractivity contribution in [3.63, 3.8) is 0 Å². The Morgan fingerprint density at radius 2 is 2.17 bits per heavy atom. The van der Waals surface area contributed by atoms with Crippen LogP contribution in [-0.2, 0) is 9.59 Å². The van der Waals surface area contributed by atoms with Crippen LogP contribution in [0.1, 0.15) is 5.76 Å². The van der Waals surface area contributed by atoms with E-state index in [2.05, 4.69) is 15.9 Å². The number of benzene rings is 1. The van der Waals surface area contributed by atoms with Gasteiger partial charge in [-0.3, -0.25) is 14.5 Å². The summed E-state index contributed by atoms with van der Waals surface area (Å²) in [6, 6.07) is 11.2. The fourth-order valence-electron chi connectivity index (χ4n) is 2.13. The van der Waals surface area contributed by atoms with Crippen molar-refractivity contribution in [1.29, 1.82) is 0 Å². The van der Waals surface area contributed by atoms with Gasteiger partial charge < -0.3 is 9.52 Å². The summed E-state index contributed by atoms with van der Waals surface area (Å²) < 4.78 is 6.91. The Kier molecular flexibility index (Phi) is 4.88. The predicted octanol–water partition coefficient (Wildman–Crippen LogP) is 3.99. The minimum Gasteiger partial charge on any atom is -0.480 e. The molecule has 0 aliphatic carbocycles. The van der Waals surface area contributed by atoms with Gasteiger partial charge in [0.15, 0.2) is 0 Å². The average molecular weight is 424 g/mol. The lowest BCUT2D eigenvalue weighted by Crippen LogP contribution is -2.33.